The van der Waals surface area contributed by atoms with Gasteiger partial charge in [-0.2, -0.15) is 5.26 Å². The Hall–Kier alpha value is -0.840. The maximum Gasteiger partial charge on any atom is 0.137 e. The van der Waals surface area contributed by atoms with Crippen LogP contribution in [0.3, 0.4) is 0 Å². The van der Waals surface area contributed by atoms with Crippen LogP contribution in [0, 0.1) is 23.2 Å². The minimum absolute atomic E-state index is 0.150. The van der Waals surface area contributed by atoms with Gasteiger partial charge in [0.1, 0.15) is 12.2 Å². The summed E-state index contributed by atoms with van der Waals surface area (Å²) < 4.78 is 0. The Morgan fingerprint density at radius 1 is 1.62 bits per heavy atom. The smallest absolute Gasteiger partial charge is 0.137 e. The average Bonchev–Trinajstić information content (AvgIpc) is 1.69. The summed E-state index contributed by atoms with van der Waals surface area (Å²) >= 11 is 0. The van der Waals surface area contributed by atoms with E-state index in [9.17, 15) is 4.79 Å². The van der Waals surface area contributed by atoms with Gasteiger partial charge in [0.25, 0.3) is 0 Å². The topological polar surface area (TPSA) is 40.9 Å². The van der Waals surface area contributed by atoms with Crippen molar-refractivity contribution in [3.05, 3.63) is 0 Å². The quantitative estimate of drug-likeness (QED) is 0.498. The first-order valence-corrected chi connectivity index (χ1v) is 2.57. The van der Waals surface area contributed by atoms with E-state index in [0.717, 1.165) is 0 Å². The van der Waals surface area contributed by atoms with E-state index in [4.69, 9.17) is 5.26 Å². The SMILES string of the molecule is CC(C)C(C#N)C=O. The van der Waals surface area contributed by atoms with Crippen LogP contribution >= 0.6 is 0 Å². The fourth-order valence-corrected chi connectivity index (χ4v) is 0.337. The molecule has 0 aliphatic heterocycles. The standard InChI is InChI=1S/C6H9NO/c1-5(2)6(3-7)4-8/h4-6H,1-2H3. The summed E-state index contributed by atoms with van der Waals surface area (Å²) in [5.41, 5.74) is 0. The molecule has 1 atom stereocenters. The van der Waals surface area contributed by atoms with Gasteiger partial charge in [-0.3, -0.25) is 0 Å². The molecule has 0 radical (unpaired) electrons. The molecular formula is C6H9NO. The molecule has 0 bridgehead atoms. The van der Waals surface area contributed by atoms with Crippen molar-refractivity contribution in [2.75, 3.05) is 0 Å². The third-order valence-electron chi connectivity index (χ3n) is 1.01. The molecule has 2 nitrogen and oxygen atoms in total. The highest BCUT2D eigenvalue weighted by atomic mass is 16.1. The molecular weight excluding hydrogens is 102 g/mol. The zero-order chi connectivity index (χ0) is 6.57. The lowest BCUT2D eigenvalue weighted by Gasteiger charge is -2.01. The van der Waals surface area contributed by atoms with Crippen molar-refractivity contribution in [3.8, 4) is 6.07 Å². The third-order valence-corrected chi connectivity index (χ3v) is 1.01. The van der Waals surface area contributed by atoms with Crippen LogP contribution < -0.4 is 0 Å². The van der Waals surface area contributed by atoms with Crippen molar-refractivity contribution in [2.24, 2.45) is 11.8 Å². The fourth-order valence-electron chi connectivity index (χ4n) is 0.337. The maximum atomic E-state index is 9.96. The lowest BCUT2D eigenvalue weighted by atomic mass is 10.00. The number of hydrogen-bond acceptors (Lipinski definition) is 2. The first-order valence-electron chi connectivity index (χ1n) is 2.57. The molecule has 1 unspecified atom stereocenters. The Kier molecular flexibility index (Phi) is 2.86. The number of aldehydes is 1. The van der Waals surface area contributed by atoms with E-state index >= 15 is 0 Å². The summed E-state index contributed by atoms with van der Waals surface area (Å²) in [5.74, 6) is -0.271. The molecule has 0 aromatic heterocycles. The van der Waals surface area contributed by atoms with Gasteiger partial charge in [0.2, 0.25) is 0 Å². The zero-order valence-corrected chi connectivity index (χ0v) is 5.09. The van der Waals surface area contributed by atoms with Crippen LogP contribution in [0.1, 0.15) is 13.8 Å². The van der Waals surface area contributed by atoms with Crippen molar-refractivity contribution in [1.82, 2.24) is 0 Å². The van der Waals surface area contributed by atoms with Crippen molar-refractivity contribution < 1.29 is 4.79 Å². The van der Waals surface area contributed by atoms with Gasteiger partial charge >= 0.3 is 0 Å². The second kappa shape index (κ2) is 3.20. The summed E-state index contributed by atoms with van der Waals surface area (Å²) in [6.07, 6.45) is 0.685. The molecule has 0 rings (SSSR count). The molecule has 44 valence electrons. The summed E-state index contributed by atoms with van der Waals surface area (Å²) in [7, 11) is 0. The van der Waals surface area contributed by atoms with E-state index in [1.807, 2.05) is 19.9 Å². The highest BCUT2D eigenvalue weighted by Crippen LogP contribution is 2.04. The molecule has 0 aliphatic rings. The second-order valence-electron chi connectivity index (χ2n) is 2.03. The van der Waals surface area contributed by atoms with Crippen LogP contribution in [0.4, 0.5) is 0 Å². The maximum absolute atomic E-state index is 9.96. The minimum Gasteiger partial charge on any atom is -0.302 e. The summed E-state index contributed by atoms with van der Waals surface area (Å²) in [4.78, 5) is 9.96. The van der Waals surface area contributed by atoms with Gasteiger partial charge in [-0.25, -0.2) is 0 Å². The summed E-state index contributed by atoms with van der Waals surface area (Å²) in [6.45, 7) is 3.70. The van der Waals surface area contributed by atoms with Crippen molar-refractivity contribution >= 4 is 6.29 Å². The number of carbonyl (C=O) groups is 1. The molecule has 0 amide bonds. The Bertz CT molecular complexity index is 112. The van der Waals surface area contributed by atoms with E-state index in [0.29, 0.717) is 6.29 Å². The molecule has 0 saturated heterocycles. The number of hydrogen-bond donors (Lipinski definition) is 0. The van der Waals surface area contributed by atoms with Gasteiger partial charge in [-0.1, -0.05) is 13.8 Å². The van der Waals surface area contributed by atoms with Crippen LogP contribution in [-0.2, 0) is 4.79 Å². The van der Waals surface area contributed by atoms with E-state index < -0.39 is 5.92 Å². The first kappa shape index (κ1) is 7.16. The third kappa shape index (κ3) is 1.74. The average molecular weight is 111 g/mol. The van der Waals surface area contributed by atoms with Gasteiger partial charge in [0.15, 0.2) is 0 Å². The number of carbonyl (C=O) groups excluding carboxylic acids is 1. The molecule has 0 N–H and O–H groups in total. The molecule has 0 fully saturated rings. The first-order chi connectivity index (χ1) is 3.72. The van der Waals surface area contributed by atoms with Gasteiger partial charge in [-0.15, -0.1) is 0 Å². The molecule has 0 heterocycles. The number of nitriles is 1. The molecule has 2 heteroatoms. The summed E-state index contributed by atoms with van der Waals surface area (Å²) in [6, 6.07) is 1.88. The van der Waals surface area contributed by atoms with Crippen LogP contribution in [-0.4, -0.2) is 6.29 Å². The van der Waals surface area contributed by atoms with Crippen LogP contribution in [0.25, 0.3) is 0 Å². The van der Waals surface area contributed by atoms with Gasteiger partial charge in [0, 0.05) is 0 Å². The van der Waals surface area contributed by atoms with Crippen LogP contribution in [0.5, 0.6) is 0 Å². The normalized spacial score (nSPS) is 12.8. The predicted octanol–water partition coefficient (Wildman–Crippen LogP) is 0.981. The largest absolute Gasteiger partial charge is 0.302 e. The number of nitrogens with zero attached hydrogens (tertiary/aromatic N) is 1. The molecule has 8 heavy (non-hydrogen) atoms. The van der Waals surface area contributed by atoms with E-state index in [-0.39, 0.29) is 5.92 Å². The molecule has 0 aromatic rings. The van der Waals surface area contributed by atoms with E-state index in [2.05, 4.69) is 0 Å². The lowest BCUT2D eigenvalue weighted by molar-refractivity contribution is -0.110. The van der Waals surface area contributed by atoms with Crippen LogP contribution in [0.2, 0.25) is 0 Å². The highest BCUT2D eigenvalue weighted by Gasteiger charge is 2.08. The fraction of sp³-hybridized carbons (Fsp3) is 0.667. The Morgan fingerprint density at radius 3 is 2.12 bits per heavy atom. The van der Waals surface area contributed by atoms with Crippen molar-refractivity contribution in [1.29, 1.82) is 5.26 Å². The highest BCUT2D eigenvalue weighted by molar-refractivity contribution is 5.57. The van der Waals surface area contributed by atoms with Gasteiger partial charge < -0.3 is 4.79 Å². The van der Waals surface area contributed by atoms with E-state index in [1.165, 1.54) is 0 Å². The van der Waals surface area contributed by atoms with Gasteiger partial charge in [-0.05, 0) is 5.92 Å². The van der Waals surface area contributed by atoms with Crippen molar-refractivity contribution in [2.45, 2.75) is 13.8 Å². The molecule has 0 saturated carbocycles. The zero-order valence-electron chi connectivity index (χ0n) is 5.09. The van der Waals surface area contributed by atoms with Crippen molar-refractivity contribution in [3.63, 3.8) is 0 Å². The molecule has 0 aromatic carbocycles. The molecule has 0 aliphatic carbocycles. The Morgan fingerprint density at radius 2 is 2.12 bits per heavy atom. The monoisotopic (exact) mass is 111 g/mol. The lowest BCUT2D eigenvalue weighted by Crippen LogP contribution is -2.06. The van der Waals surface area contributed by atoms with E-state index in [1.54, 1.807) is 0 Å². The van der Waals surface area contributed by atoms with Crippen LogP contribution in [0.15, 0.2) is 0 Å². The predicted molar refractivity (Wildman–Crippen MR) is 30.0 cm³/mol. The summed E-state index contributed by atoms with van der Waals surface area (Å²) in [5, 5.41) is 8.22. The van der Waals surface area contributed by atoms with Gasteiger partial charge in [0.05, 0.1) is 6.07 Å². The minimum atomic E-state index is -0.421. The number of rotatable bonds is 2. The Labute approximate surface area is 49.1 Å². The molecule has 0 spiro atoms. The second-order valence-corrected chi connectivity index (χ2v) is 2.03. The Balaban J connectivity index is 3.74.